The Kier molecular flexibility index (Phi) is 4.30. The minimum absolute atomic E-state index is 0.000741. The Hall–Kier alpha value is -3.34. The van der Waals surface area contributed by atoms with Crippen molar-refractivity contribution in [2.24, 2.45) is 5.41 Å². The van der Waals surface area contributed by atoms with Crippen LogP contribution < -0.4 is 15.0 Å². The number of carbonyl (C=O) groups is 2. The fourth-order valence-corrected chi connectivity index (χ4v) is 3.40. The fraction of sp³-hybridized carbons (Fsp3) is 0.217. The van der Waals surface area contributed by atoms with Gasteiger partial charge in [-0.1, -0.05) is 30.3 Å². The van der Waals surface area contributed by atoms with Crippen LogP contribution in [0.4, 0.5) is 11.4 Å². The fourth-order valence-electron chi connectivity index (χ4n) is 3.40. The molecule has 3 aromatic rings. The molecule has 1 heterocycles. The number of hydrogen-bond acceptors (Lipinski definition) is 3. The van der Waals surface area contributed by atoms with Crippen LogP contribution in [-0.4, -0.2) is 25.5 Å². The van der Waals surface area contributed by atoms with Crippen LogP contribution in [0.1, 0.15) is 24.2 Å². The van der Waals surface area contributed by atoms with Gasteiger partial charge in [0.05, 0.1) is 11.1 Å². The number of amides is 2. The average molecular weight is 374 g/mol. The number of ether oxygens (including phenoxy) is 1. The van der Waals surface area contributed by atoms with E-state index < -0.39 is 5.41 Å². The van der Waals surface area contributed by atoms with E-state index in [-0.39, 0.29) is 18.4 Å². The van der Waals surface area contributed by atoms with Crippen LogP contribution in [0.5, 0.6) is 5.75 Å². The Morgan fingerprint density at radius 3 is 2.57 bits per heavy atom. The SMILES string of the molecule is CN1C(=O)C(C)(C)COc2cc(NC(=O)c3ccc4ccccc4c3)ccc21. The number of nitrogens with one attached hydrogen (secondary N) is 1. The maximum atomic E-state index is 12.7. The number of carbonyl (C=O) groups excluding carboxylic acids is 2. The minimum atomic E-state index is -0.609. The Balaban J connectivity index is 1.60. The van der Waals surface area contributed by atoms with Crippen LogP contribution >= 0.6 is 0 Å². The Morgan fingerprint density at radius 2 is 1.79 bits per heavy atom. The highest BCUT2D eigenvalue weighted by Gasteiger charge is 2.36. The summed E-state index contributed by atoms with van der Waals surface area (Å²) in [6.45, 7) is 4.01. The average Bonchev–Trinajstić information content (AvgIpc) is 2.78. The first kappa shape index (κ1) is 18.0. The third kappa shape index (κ3) is 3.20. The zero-order chi connectivity index (χ0) is 19.9. The monoisotopic (exact) mass is 374 g/mol. The molecule has 0 atom stereocenters. The maximum absolute atomic E-state index is 12.7. The molecule has 1 N–H and O–H groups in total. The van der Waals surface area contributed by atoms with Crippen LogP contribution in [0.3, 0.4) is 0 Å². The molecule has 0 saturated carbocycles. The van der Waals surface area contributed by atoms with Crippen molar-refractivity contribution in [1.29, 1.82) is 0 Å². The summed E-state index contributed by atoms with van der Waals surface area (Å²) in [6, 6.07) is 18.9. The molecule has 5 heteroatoms. The molecular formula is C23H22N2O3. The smallest absolute Gasteiger partial charge is 0.255 e. The van der Waals surface area contributed by atoms with Gasteiger partial charge in [-0.05, 0) is 48.9 Å². The van der Waals surface area contributed by atoms with Gasteiger partial charge in [0.25, 0.3) is 5.91 Å². The van der Waals surface area contributed by atoms with Gasteiger partial charge in [0.15, 0.2) is 0 Å². The number of rotatable bonds is 2. The Bertz CT molecular complexity index is 1090. The molecule has 2 amide bonds. The van der Waals surface area contributed by atoms with Crippen LogP contribution in [0.2, 0.25) is 0 Å². The van der Waals surface area contributed by atoms with Crippen LogP contribution in [0, 0.1) is 5.41 Å². The molecule has 28 heavy (non-hydrogen) atoms. The molecule has 0 saturated heterocycles. The first-order chi connectivity index (χ1) is 13.3. The molecule has 5 nitrogen and oxygen atoms in total. The first-order valence-electron chi connectivity index (χ1n) is 9.20. The molecule has 0 bridgehead atoms. The minimum Gasteiger partial charge on any atom is -0.490 e. The third-order valence-electron chi connectivity index (χ3n) is 5.06. The van der Waals surface area contributed by atoms with Gasteiger partial charge in [0, 0.05) is 24.4 Å². The first-order valence-corrected chi connectivity index (χ1v) is 9.20. The summed E-state index contributed by atoms with van der Waals surface area (Å²) in [5.74, 6) is 0.390. The van der Waals surface area contributed by atoms with Crippen molar-refractivity contribution in [2.75, 3.05) is 23.9 Å². The van der Waals surface area contributed by atoms with Gasteiger partial charge < -0.3 is 15.0 Å². The standard InChI is InChI=1S/C23H22N2O3/c1-23(2)14-28-20-13-18(10-11-19(20)25(3)22(23)27)24-21(26)17-9-8-15-6-4-5-7-16(15)12-17/h4-13H,14H2,1-3H3,(H,24,26). The van der Waals surface area contributed by atoms with Crippen LogP contribution in [-0.2, 0) is 4.79 Å². The van der Waals surface area contributed by atoms with Gasteiger partial charge >= 0.3 is 0 Å². The van der Waals surface area contributed by atoms with E-state index in [1.54, 1.807) is 30.1 Å². The molecule has 0 unspecified atom stereocenters. The molecule has 0 aliphatic carbocycles. The van der Waals surface area contributed by atoms with E-state index in [1.807, 2.05) is 56.3 Å². The summed E-state index contributed by atoms with van der Waals surface area (Å²) in [4.78, 5) is 26.9. The largest absolute Gasteiger partial charge is 0.490 e. The lowest BCUT2D eigenvalue weighted by Gasteiger charge is -2.24. The second-order valence-corrected chi connectivity index (χ2v) is 7.74. The van der Waals surface area contributed by atoms with Crippen molar-refractivity contribution < 1.29 is 14.3 Å². The highest BCUT2D eigenvalue weighted by molar-refractivity contribution is 6.07. The topological polar surface area (TPSA) is 58.6 Å². The molecule has 0 aromatic heterocycles. The number of benzene rings is 3. The van der Waals surface area contributed by atoms with E-state index in [0.717, 1.165) is 10.8 Å². The lowest BCUT2D eigenvalue weighted by molar-refractivity contribution is -0.127. The highest BCUT2D eigenvalue weighted by Crippen LogP contribution is 2.37. The van der Waals surface area contributed by atoms with Crippen molar-refractivity contribution in [1.82, 2.24) is 0 Å². The van der Waals surface area contributed by atoms with Crippen molar-refractivity contribution in [3.05, 3.63) is 66.2 Å². The lowest BCUT2D eigenvalue weighted by Crippen LogP contribution is -2.39. The number of anilines is 2. The summed E-state index contributed by atoms with van der Waals surface area (Å²) in [5.41, 5.74) is 1.29. The molecule has 1 aliphatic heterocycles. The van der Waals surface area contributed by atoms with E-state index in [1.165, 1.54) is 0 Å². The van der Waals surface area contributed by atoms with Gasteiger partial charge in [-0.2, -0.15) is 0 Å². The quantitative estimate of drug-likeness (QED) is 0.720. The summed E-state index contributed by atoms with van der Waals surface area (Å²) in [6.07, 6.45) is 0. The lowest BCUT2D eigenvalue weighted by atomic mass is 9.93. The zero-order valence-corrected chi connectivity index (χ0v) is 16.2. The third-order valence-corrected chi connectivity index (χ3v) is 5.06. The van der Waals surface area contributed by atoms with Gasteiger partial charge in [0.1, 0.15) is 12.4 Å². The molecule has 0 fully saturated rings. The molecule has 3 aromatic carbocycles. The number of hydrogen-bond donors (Lipinski definition) is 1. The molecule has 1 aliphatic rings. The van der Waals surface area contributed by atoms with Gasteiger partial charge in [0.2, 0.25) is 5.91 Å². The number of fused-ring (bicyclic) bond motifs is 2. The second-order valence-electron chi connectivity index (χ2n) is 7.74. The van der Waals surface area contributed by atoms with Crippen LogP contribution in [0.25, 0.3) is 10.8 Å². The molecule has 4 rings (SSSR count). The summed E-state index contributed by atoms with van der Waals surface area (Å²) in [5, 5.41) is 5.02. The number of nitrogens with zero attached hydrogens (tertiary/aromatic N) is 1. The second kappa shape index (κ2) is 6.68. The molecule has 142 valence electrons. The van der Waals surface area contributed by atoms with Crippen molar-refractivity contribution in [2.45, 2.75) is 13.8 Å². The van der Waals surface area contributed by atoms with E-state index in [9.17, 15) is 9.59 Å². The zero-order valence-electron chi connectivity index (χ0n) is 16.2. The van der Waals surface area contributed by atoms with Crippen molar-refractivity contribution in [3.8, 4) is 5.75 Å². The summed E-state index contributed by atoms with van der Waals surface area (Å²) in [7, 11) is 1.74. The predicted octanol–water partition coefficient (Wildman–Crippen LogP) is 4.47. The van der Waals surface area contributed by atoms with Crippen LogP contribution in [0.15, 0.2) is 60.7 Å². The summed E-state index contributed by atoms with van der Waals surface area (Å²) < 4.78 is 5.88. The molecule has 0 radical (unpaired) electrons. The van der Waals surface area contributed by atoms with Gasteiger partial charge in [-0.3, -0.25) is 9.59 Å². The van der Waals surface area contributed by atoms with Crippen molar-refractivity contribution in [3.63, 3.8) is 0 Å². The molecular weight excluding hydrogens is 352 g/mol. The predicted molar refractivity (Wildman–Crippen MR) is 111 cm³/mol. The van der Waals surface area contributed by atoms with E-state index in [0.29, 0.717) is 22.7 Å². The van der Waals surface area contributed by atoms with Gasteiger partial charge in [-0.15, -0.1) is 0 Å². The molecule has 0 spiro atoms. The van der Waals surface area contributed by atoms with Gasteiger partial charge in [-0.25, -0.2) is 0 Å². The Labute approximate surface area is 163 Å². The Morgan fingerprint density at radius 1 is 1.04 bits per heavy atom. The van der Waals surface area contributed by atoms with Crippen molar-refractivity contribution >= 4 is 34.0 Å². The normalized spacial score (nSPS) is 15.5. The highest BCUT2D eigenvalue weighted by atomic mass is 16.5. The van der Waals surface area contributed by atoms with E-state index in [2.05, 4.69) is 5.32 Å². The maximum Gasteiger partial charge on any atom is 0.255 e. The van der Waals surface area contributed by atoms with E-state index >= 15 is 0 Å². The van der Waals surface area contributed by atoms with E-state index in [4.69, 9.17) is 4.74 Å². The summed E-state index contributed by atoms with van der Waals surface area (Å²) >= 11 is 0.